The van der Waals surface area contributed by atoms with Gasteiger partial charge in [-0.05, 0) is 52.1 Å². The van der Waals surface area contributed by atoms with Crippen LogP contribution < -0.4 is 5.73 Å². The molecule has 2 heterocycles. The van der Waals surface area contributed by atoms with Crippen LogP contribution in [0.4, 0.5) is 0 Å². The molecule has 1 amide bonds. The Kier molecular flexibility index (Phi) is 6.49. The lowest BCUT2D eigenvalue weighted by Gasteiger charge is -2.32. The minimum absolute atomic E-state index is 0.156. The van der Waals surface area contributed by atoms with Gasteiger partial charge in [0.2, 0.25) is 5.91 Å². The summed E-state index contributed by atoms with van der Waals surface area (Å²) in [4.78, 5) is 17.2. The number of amides is 1. The first-order chi connectivity index (χ1) is 10.1. The molecule has 2 N–H and O–H groups in total. The van der Waals surface area contributed by atoms with Crippen LogP contribution in [-0.2, 0) is 4.79 Å². The summed E-state index contributed by atoms with van der Waals surface area (Å²) in [7, 11) is 0. The molecule has 0 bridgehead atoms. The van der Waals surface area contributed by atoms with E-state index in [4.69, 9.17) is 5.73 Å². The average Bonchev–Trinajstić information content (AvgIpc) is 2.96. The maximum Gasteiger partial charge on any atom is 0.225 e. The van der Waals surface area contributed by atoms with E-state index in [-0.39, 0.29) is 12.0 Å². The fraction of sp³-hybridized carbons (Fsp3) is 0.941. The van der Waals surface area contributed by atoms with Crippen molar-refractivity contribution in [3.05, 3.63) is 0 Å². The Morgan fingerprint density at radius 1 is 1.14 bits per heavy atom. The van der Waals surface area contributed by atoms with Gasteiger partial charge in [0.25, 0.3) is 0 Å². The van der Waals surface area contributed by atoms with Crippen molar-refractivity contribution in [3.8, 4) is 0 Å². The summed E-state index contributed by atoms with van der Waals surface area (Å²) in [6.07, 6.45) is 8.27. The highest BCUT2D eigenvalue weighted by atomic mass is 16.2. The van der Waals surface area contributed by atoms with Gasteiger partial charge in [-0.2, -0.15) is 0 Å². The highest BCUT2D eigenvalue weighted by Crippen LogP contribution is 2.22. The molecule has 2 aliphatic rings. The third-order valence-corrected chi connectivity index (χ3v) is 5.10. The molecule has 0 radical (unpaired) electrons. The number of rotatable bonds is 6. The predicted octanol–water partition coefficient (Wildman–Crippen LogP) is 2.23. The lowest BCUT2D eigenvalue weighted by molar-refractivity contribution is -0.134. The van der Waals surface area contributed by atoms with Gasteiger partial charge >= 0.3 is 0 Å². The molecule has 4 heteroatoms. The molecule has 0 aromatic carbocycles. The molecular formula is C17H33N3O. The fourth-order valence-corrected chi connectivity index (χ4v) is 3.70. The number of carbonyl (C=O) groups excluding carboxylic acids is 1. The quantitative estimate of drug-likeness (QED) is 0.817. The van der Waals surface area contributed by atoms with Crippen LogP contribution in [-0.4, -0.2) is 54.0 Å². The van der Waals surface area contributed by atoms with Crippen LogP contribution in [0.2, 0.25) is 0 Å². The molecule has 2 rings (SSSR count). The Hall–Kier alpha value is -0.610. The maximum atomic E-state index is 12.5. The van der Waals surface area contributed by atoms with Crippen molar-refractivity contribution in [1.29, 1.82) is 0 Å². The zero-order valence-electron chi connectivity index (χ0n) is 13.9. The number of likely N-dealkylation sites (tertiary alicyclic amines) is 2. The van der Waals surface area contributed by atoms with Gasteiger partial charge < -0.3 is 10.6 Å². The molecular weight excluding hydrogens is 262 g/mol. The largest absolute Gasteiger partial charge is 0.341 e. The first-order valence-corrected chi connectivity index (χ1v) is 8.86. The molecule has 0 aliphatic carbocycles. The molecule has 0 aromatic heterocycles. The third kappa shape index (κ3) is 4.96. The fourth-order valence-electron chi connectivity index (χ4n) is 3.70. The summed E-state index contributed by atoms with van der Waals surface area (Å²) in [5, 5.41) is 0. The lowest BCUT2D eigenvalue weighted by Crippen LogP contribution is -2.42. The van der Waals surface area contributed by atoms with Crippen molar-refractivity contribution >= 4 is 5.91 Å². The van der Waals surface area contributed by atoms with Crippen molar-refractivity contribution in [1.82, 2.24) is 9.80 Å². The molecule has 2 saturated heterocycles. The zero-order chi connectivity index (χ0) is 15.2. The van der Waals surface area contributed by atoms with Gasteiger partial charge in [-0.1, -0.05) is 19.8 Å². The number of hydrogen-bond donors (Lipinski definition) is 1. The second-order valence-electron chi connectivity index (χ2n) is 7.13. The summed E-state index contributed by atoms with van der Waals surface area (Å²) in [5.41, 5.74) is 5.78. The van der Waals surface area contributed by atoms with E-state index in [0.717, 1.165) is 38.8 Å². The number of nitrogens with two attached hydrogens (primary N) is 1. The van der Waals surface area contributed by atoms with E-state index >= 15 is 0 Å². The van der Waals surface area contributed by atoms with Crippen LogP contribution in [0.3, 0.4) is 0 Å². The van der Waals surface area contributed by atoms with Crippen LogP contribution in [0.25, 0.3) is 0 Å². The van der Waals surface area contributed by atoms with E-state index in [9.17, 15) is 4.79 Å². The number of piperidine rings is 1. The molecule has 4 nitrogen and oxygen atoms in total. The van der Waals surface area contributed by atoms with Gasteiger partial charge in [-0.15, -0.1) is 0 Å². The summed E-state index contributed by atoms with van der Waals surface area (Å²) in [6, 6.07) is 0.869. The number of nitrogens with zero attached hydrogens (tertiary/aromatic N) is 2. The molecule has 21 heavy (non-hydrogen) atoms. The molecule has 2 aliphatic heterocycles. The van der Waals surface area contributed by atoms with Crippen molar-refractivity contribution in [2.75, 3.05) is 26.2 Å². The van der Waals surface area contributed by atoms with E-state index in [2.05, 4.69) is 16.7 Å². The Bertz CT molecular complexity index is 326. The van der Waals surface area contributed by atoms with E-state index in [1.165, 1.54) is 32.4 Å². The van der Waals surface area contributed by atoms with Crippen molar-refractivity contribution in [2.24, 2.45) is 11.7 Å². The molecule has 122 valence electrons. The zero-order valence-corrected chi connectivity index (χ0v) is 13.9. The molecule has 2 fully saturated rings. The summed E-state index contributed by atoms with van der Waals surface area (Å²) in [5.74, 6) is 0.517. The smallest absolute Gasteiger partial charge is 0.225 e. The number of hydrogen-bond acceptors (Lipinski definition) is 3. The van der Waals surface area contributed by atoms with Gasteiger partial charge in [0, 0.05) is 31.1 Å². The molecule has 3 unspecified atom stereocenters. The minimum Gasteiger partial charge on any atom is -0.341 e. The Morgan fingerprint density at radius 2 is 1.86 bits per heavy atom. The normalized spacial score (nSPS) is 26.8. The van der Waals surface area contributed by atoms with Gasteiger partial charge in [-0.25, -0.2) is 0 Å². The Labute approximate surface area is 130 Å². The summed E-state index contributed by atoms with van der Waals surface area (Å²) in [6.45, 7) is 8.50. The Balaban J connectivity index is 1.73. The molecule has 0 saturated carbocycles. The first-order valence-electron chi connectivity index (χ1n) is 8.86. The van der Waals surface area contributed by atoms with Gasteiger partial charge in [0.05, 0.1) is 0 Å². The maximum absolute atomic E-state index is 12.5. The van der Waals surface area contributed by atoms with Gasteiger partial charge in [0.1, 0.15) is 0 Å². The van der Waals surface area contributed by atoms with Crippen molar-refractivity contribution < 1.29 is 4.79 Å². The number of carbonyl (C=O) groups is 1. The molecule has 0 aromatic rings. The second-order valence-corrected chi connectivity index (χ2v) is 7.13. The van der Waals surface area contributed by atoms with E-state index in [0.29, 0.717) is 11.9 Å². The van der Waals surface area contributed by atoms with Crippen LogP contribution >= 0.6 is 0 Å². The lowest BCUT2D eigenvalue weighted by atomic mass is 10.0. The molecule has 3 atom stereocenters. The predicted molar refractivity (Wildman–Crippen MR) is 87.1 cm³/mol. The van der Waals surface area contributed by atoms with Crippen LogP contribution in [0.15, 0.2) is 0 Å². The van der Waals surface area contributed by atoms with E-state index < -0.39 is 0 Å². The minimum atomic E-state index is 0.156. The summed E-state index contributed by atoms with van der Waals surface area (Å²) < 4.78 is 0. The van der Waals surface area contributed by atoms with Crippen LogP contribution in [0, 0.1) is 5.92 Å². The third-order valence-electron chi connectivity index (χ3n) is 5.10. The molecule has 0 spiro atoms. The standard InChI is InChI=1S/C17H33N3O/c1-14(7-6-8-15(2)18)17(21)20-12-9-16(13-20)19-10-4-3-5-11-19/h14-16H,3-13,18H2,1-2H3. The second kappa shape index (κ2) is 8.14. The topological polar surface area (TPSA) is 49.6 Å². The van der Waals surface area contributed by atoms with Crippen molar-refractivity contribution in [2.45, 2.75) is 70.9 Å². The van der Waals surface area contributed by atoms with E-state index in [1.807, 2.05) is 6.92 Å². The summed E-state index contributed by atoms with van der Waals surface area (Å²) >= 11 is 0. The van der Waals surface area contributed by atoms with Gasteiger partial charge in [-0.3, -0.25) is 9.69 Å². The van der Waals surface area contributed by atoms with Crippen LogP contribution in [0.5, 0.6) is 0 Å². The SMILES string of the molecule is CC(N)CCCC(C)C(=O)N1CCC(N2CCCCC2)C1. The highest BCUT2D eigenvalue weighted by molar-refractivity contribution is 5.78. The van der Waals surface area contributed by atoms with Crippen molar-refractivity contribution in [3.63, 3.8) is 0 Å². The Morgan fingerprint density at radius 3 is 2.52 bits per heavy atom. The van der Waals surface area contributed by atoms with Gasteiger partial charge in [0.15, 0.2) is 0 Å². The first kappa shape index (κ1) is 16.8. The van der Waals surface area contributed by atoms with Crippen LogP contribution in [0.1, 0.15) is 58.8 Å². The monoisotopic (exact) mass is 295 g/mol. The highest BCUT2D eigenvalue weighted by Gasteiger charge is 2.32. The van der Waals surface area contributed by atoms with E-state index in [1.54, 1.807) is 0 Å². The average molecular weight is 295 g/mol.